The van der Waals surface area contributed by atoms with Gasteiger partial charge in [0.15, 0.2) is 0 Å². The fraction of sp³-hybridized carbons (Fsp3) is 0.667. The number of hydrogen-bond donors (Lipinski definition) is 0. The summed E-state index contributed by atoms with van der Waals surface area (Å²) in [6.45, 7) is 1.87. The summed E-state index contributed by atoms with van der Waals surface area (Å²) in [4.78, 5) is 35.5. The van der Waals surface area contributed by atoms with E-state index in [0.29, 0.717) is 10.7 Å². The van der Waals surface area contributed by atoms with Gasteiger partial charge < -0.3 is 0 Å². The molecule has 0 aliphatic rings. The summed E-state index contributed by atoms with van der Waals surface area (Å²) in [6, 6.07) is 0. The van der Waals surface area contributed by atoms with Crippen LogP contribution < -0.4 is 17.1 Å². The maximum absolute atomic E-state index is 12.3. The Morgan fingerprint density at radius 2 is 1.26 bits per heavy atom. The predicted molar refractivity (Wildman–Crippen MR) is 88.4 cm³/mol. The SMILES string of the molecule is CCn1c(=O)n(C(Br)CBr)c(=O)n(C(Br)CBr)c1=O. The minimum atomic E-state index is -0.651. The van der Waals surface area contributed by atoms with Crippen molar-refractivity contribution in [2.75, 3.05) is 10.7 Å². The standard InChI is InChI=1S/C9H11Br4N3O3/c1-2-14-7(17)15(5(12)3-10)9(19)16(8(14)18)6(13)4-11/h5-6H,2-4H2,1H3. The fourth-order valence-corrected chi connectivity index (χ4v) is 2.79. The molecular formula is C9H11Br4N3O3. The van der Waals surface area contributed by atoms with Gasteiger partial charge in [-0.15, -0.1) is 0 Å². The summed E-state index contributed by atoms with van der Waals surface area (Å²) in [5, 5.41) is 0.733. The Morgan fingerprint density at radius 1 is 0.895 bits per heavy atom. The normalized spacial score (nSPS) is 14.4. The van der Waals surface area contributed by atoms with Crippen LogP contribution in [0.15, 0.2) is 14.4 Å². The van der Waals surface area contributed by atoms with Crippen molar-refractivity contribution in [3.05, 3.63) is 31.5 Å². The van der Waals surface area contributed by atoms with Crippen LogP contribution in [-0.2, 0) is 6.54 Å². The lowest BCUT2D eigenvalue weighted by molar-refractivity contribution is 0.472. The molecule has 0 fully saturated rings. The van der Waals surface area contributed by atoms with Gasteiger partial charge in [0.05, 0.1) is 0 Å². The van der Waals surface area contributed by atoms with Gasteiger partial charge in [-0.05, 0) is 6.92 Å². The Balaban J connectivity index is 3.82. The number of halogens is 4. The molecule has 0 saturated heterocycles. The molecule has 1 aromatic rings. The molecule has 1 heterocycles. The third-order valence-corrected chi connectivity index (χ3v) is 6.85. The van der Waals surface area contributed by atoms with E-state index >= 15 is 0 Å². The zero-order valence-corrected chi connectivity index (χ0v) is 16.2. The van der Waals surface area contributed by atoms with Crippen LogP contribution in [-0.4, -0.2) is 24.4 Å². The Bertz CT molecular complexity index is 572. The van der Waals surface area contributed by atoms with E-state index in [1.54, 1.807) is 6.92 Å². The quantitative estimate of drug-likeness (QED) is 0.547. The van der Waals surface area contributed by atoms with E-state index in [-0.39, 0.29) is 6.54 Å². The van der Waals surface area contributed by atoms with Gasteiger partial charge in [-0.2, -0.15) is 0 Å². The lowest BCUT2D eigenvalue weighted by atomic mass is 10.6. The molecule has 0 aliphatic heterocycles. The molecule has 0 radical (unpaired) electrons. The van der Waals surface area contributed by atoms with Gasteiger partial charge in [-0.3, -0.25) is 0 Å². The van der Waals surface area contributed by atoms with E-state index in [4.69, 9.17) is 0 Å². The smallest absolute Gasteiger partial charge is 0.247 e. The van der Waals surface area contributed by atoms with Crippen LogP contribution in [0.2, 0.25) is 0 Å². The van der Waals surface area contributed by atoms with Gasteiger partial charge in [0.1, 0.15) is 9.90 Å². The third-order valence-electron chi connectivity index (χ3n) is 2.42. The second kappa shape index (κ2) is 7.37. The Labute approximate surface area is 142 Å². The van der Waals surface area contributed by atoms with E-state index in [1.807, 2.05) is 0 Å². The Morgan fingerprint density at radius 3 is 1.53 bits per heavy atom. The maximum Gasteiger partial charge on any atom is 0.338 e. The van der Waals surface area contributed by atoms with Crippen LogP contribution >= 0.6 is 63.7 Å². The summed E-state index contributed by atoms with van der Waals surface area (Å²) >= 11 is 12.9. The van der Waals surface area contributed by atoms with Crippen molar-refractivity contribution in [1.29, 1.82) is 0 Å². The van der Waals surface area contributed by atoms with Crippen molar-refractivity contribution in [2.45, 2.75) is 23.4 Å². The number of rotatable bonds is 5. The second-order valence-electron chi connectivity index (χ2n) is 3.51. The van der Waals surface area contributed by atoms with Gasteiger partial charge in [0.2, 0.25) is 0 Å². The lowest BCUT2D eigenvalue weighted by Crippen LogP contribution is -2.55. The van der Waals surface area contributed by atoms with E-state index in [0.717, 1.165) is 13.7 Å². The number of alkyl halides is 4. The number of nitrogens with zero attached hydrogens (tertiary/aromatic N) is 3. The molecule has 108 valence electrons. The zero-order valence-electron chi connectivity index (χ0n) is 9.85. The first kappa shape index (κ1) is 17.4. The van der Waals surface area contributed by atoms with Gasteiger partial charge >= 0.3 is 17.1 Å². The molecule has 6 nitrogen and oxygen atoms in total. The Kier molecular flexibility index (Phi) is 6.74. The first-order valence-corrected chi connectivity index (χ1v) is 9.36. The van der Waals surface area contributed by atoms with Crippen molar-refractivity contribution < 1.29 is 0 Å². The third kappa shape index (κ3) is 3.33. The minimum Gasteiger partial charge on any atom is -0.247 e. The van der Waals surface area contributed by atoms with Gasteiger partial charge in [-0.25, -0.2) is 28.1 Å². The Hall–Kier alpha value is 0.330. The van der Waals surface area contributed by atoms with E-state index in [9.17, 15) is 14.4 Å². The molecule has 19 heavy (non-hydrogen) atoms. The topological polar surface area (TPSA) is 66.0 Å². The van der Waals surface area contributed by atoms with E-state index in [2.05, 4.69) is 63.7 Å². The summed E-state index contributed by atoms with van der Waals surface area (Å²) in [7, 11) is 0. The van der Waals surface area contributed by atoms with Crippen LogP contribution in [0.25, 0.3) is 0 Å². The van der Waals surface area contributed by atoms with E-state index < -0.39 is 27.0 Å². The highest BCUT2D eigenvalue weighted by molar-refractivity contribution is 9.12. The lowest BCUT2D eigenvalue weighted by Gasteiger charge is -2.17. The molecule has 1 rings (SSSR count). The largest absolute Gasteiger partial charge is 0.338 e. The van der Waals surface area contributed by atoms with Gasteiger partial charge in [0.25, 0.3) is 0 Å². The minimum absolute atomic E-state index is 0.196. The van der Waals surface area contributed by atoms with Crippen molar-refractivity contribution in [2.24, 2.45) is 0 Å². The fourth-order valence-electron chi connectivity index (χ4n) is 1.51. The monoisotopic (exact) mass is 525 g/mol. The molecule has 1 aromatic heterocycles. The summed E-state index contributed by atoms with van der Waals surface area (Å²) < 4.78 is 3.04. The molecule has 0 amide bonds. The molecule has 2 unspecified atom stereocenters. The van der Waals surface area contributed by atoms with E-state index in [1.165, 1.54) is 0 Å². The first-order chi connectivity index (χ1) is 8.90. The molecular weight excluding hydrogens is 518 g/mol. The van der Waals surface area contributed by atoms with Crippen molar-refractivity contribution in [1.82, 2.24) is 13.7 Å². The highest BCUT2D eigenvalue weighted by Crippen LogP contribution is 2.15. The van der Waals surface area contributed by atoms with Crippen LogP contribution in [0.3, 0.4) is 0 Å². The molecule has 2 atom stereocenters. The van der Waals surface area contributed by atoms with Gasteiger partial charge in [-0.1, -0.05) is 63.7 Å². The molecule has 0 N–H and O–H groups in total. The highest BCUT2D eigenvalue weighted by atomic mass is 79.9. The molecule has 0 aromatic carbocycles. The molecule has 10 heteroatoms. The van der Waals surface area contributed by atoms with Crippen LogP contribution in [0.5, 0.6) is 0 Å². The molecule has 0 spiro atoms. The van der Waals surface area contributed by atoms with Crippen LogP contribution in [0, 0.1) is 0 Å². The average molecular weight is 529 g/mol. The predicted octanol–water partition coefficient (Wildman–Crippen LogP) is 1.77. The summed E-state index contributed by atoms with van der Waals surface area (Å²) in [6.07, 6.45) is 0. The molecule has 0 aliphatic carbocycles. The first-order valence-electron chi connectivity index (χ1n) is 5.28. The van der Waals surface area contributed by atoms with Gasteiger partial charge in [0, 0.05) is 17.2 Å². The van der Waals surface area contributed by atoms with Crippen LogP contribution in [0.4, 0.5) is 0 Å². The molecule has 0 saturated carbocycles. The maximum atomic E-state index is 12.3. The zero-order chi connectivity index (χ0) is 14.7. The highest BCUT2D eigenvalue weighted by Gasteiger charge is 2.21. The van der Waals surface area contributed by atoms with Crippen LogP contribution in [0.1, 0.15) is 16.8 Å². The van der Waals surface area contributed by atoms with Crippen molar-refractivity contribution in [3.63, 3.8) is 0 Å². The summed E-state index contributed by atoms with van der Waals surface area (Å²) in [5.41, 5.74) is -1.89. The average Bonchev–Trinajstić information content (AvgIpc) is 2.38. The number of aromatic nitrogens is 3. The second-order valence-corrected chi connectivity index (χ2v) is 6.92. The summed E-state index contributed by atoms with van der Waals surface area (Å²) in [5.74, 6) is 0. The number of hydrogen-bond acceptors (Lipinski definition) is 3. The van der Waals surface area contributed by atoms with Crippen molar-refractivity contribution in [3.8, 4) is 0 Å². The molecule has 0 bridgehead atoms. The van der Waals surface area contributed by atoms with Crippen molar-refractivity contribution >= 4 is 63.7 Å².